The van der Waals surface area contributed by atoms with Crippen molar-refractivity contribution >= 4 is 36.9 Å². The SMILES string of the molecule is Cc1ncnc2c(OC3CCN(S(=O)(=O)C4CC4)CC3)cc(Br)cc12. The number of hydrogen-bond acceptors (Lipinski definition) is 5. The van der Waals surface area contributed by atoms with Crippen molar-refractivity contribution in [1.29, 1.82) is 0 Å². The van der Waals surface area contributed by atoms with Gasteiger partial charge in [-0.3, -0.25) is 0 Å². The van der Waals surface area contributed by atoms with Gasteiger partial charge in [0.15, 0.2) is 0 Å². The molecule has 1 aromatic heterocycles. The van der Waals surface area contributed by atoms with Gasteiger partial charge in [-0.2, -0.15) is 0 Å². The van der Waals surface area contributed by atoms with E-state index in [4.69, 9.17) is 4.74 Å². The average Bonchev–Trinajstić information content (AvgIpc) is 3.42. The summed E-state index contributed by atoms with van der Waals surface area (Å²) >= 11 is 3.52. The molecule has 1 aromatic carbocycles. The number of fused-ring (bicyclic) bond motifs is 1. The molecule has 6 nitrogen and oxygen atoms in total. The topological polar surface area (TPSA) is 72.4 Å². The number of aryl methyl sites for hydroxylation is 1. The molecule has 25 heavy (non-hydrogen) atoms. The highest BCUT2D eigenvalue weighted by Crippen LogP contribution is 2.34. The third-order valence-electron chi connectivity index (χ3n) is 4.87. The van der Waals surface area contributed by atoms with Crippen molar-refractivity contribution in [3.05, 3.63) is 28.6 Å². The van der Waals surface area contributed by atoms with Gasteiger partial charge in [-0.05, 0) is 44.7 Å². The molecule has 0 bridgehead atoms. The Morgan fingerprint density at radius 1 is 1.16 bits per heavy atom. The van der Waals surface area contributed by atoms with Gasteiger partial charge in [-0.15, -0.1) is 0 Å². The number of halogens is 1. The van der Waals surface area contributed by atoms with Gasteiger partial charge in [0.2, 0.25) is 10.0 Å². The Kier molecular flexibility index (Phi) is 4.45. The van der Waals surface area contributed by atoms with Crippen LogP contribution in [0.2, 0.25) is 0 Å². The molecule has 1 saturated carbocycles. The minimum Gasteiger partial charge on any atom is -0.488 e. The molecule has 1 aliphatic heterocycles. The number of sulfonamides is 1. The monoisotopic (exact) mass is 425 g/mol. The summed E-state index contributed by atoms with van der Waals surface area (Å²) in [5.74, 6) is 0.721. The molecule has 2 heterocycles. The number of piperidine rings is 1. The fraction of sp³-hybridized carbons (Fsp3) is 0.529. The molecule has 0 radical (unpaired) electrons. The molecule has 0 unspecified atom stereocenters. The summed E-state index contributed by atoms with van der Waals surface area (Å²) in [6.45, 7) is 3.01. The largest absolute Gasteiger partial charge is 0.488 e. The van der Waals surface area contributed by atoms with Crippen LogP contribution in [0.25, 0.3) is 10.9 Å². The maximum absolute atomic E-state index is 12.3. The van der Waals surface area contributed by atoms with E-state index >= 15 is 0 Å². The van der Waals surface area contributed by atoms with Crippen LogP contribution in [0.5, 0.6) is 5.75 Å². The lowest BCUT2D eigenvalue weighted by molar-refractivity contribution is 0.136. The van der Waals surface area contributed by atoms with Crippen LogP contribution in [-0.2, 0) is 10.0 Å². The van der Waals surface area contributed by atoms with E-state index in [1.54, 1.807) is 10.6 Å². The summed E-state index contributed by atoms with van der Waals surface area (Å²) in [6.07, 6.45) is 4.56. The van der Waals surface area contributed by atoms with Crippen molar-refractivity contribution in [2.24, 2.45) is 0 Å². The van der Waals surface area contributed by atoms with Crippen LogP contribution in [0.3, 0.4) is 0 Å². The third-order valence-corrected chi connectivity index (χ3v) is 7.72. The lowest BCUT2D eigenvalue weighted by atomic mass is 10.1. The molecule has 0 atom stereocenters. The van der Waals surface area contributed by atoms with Crippen molar-refractivity contribution in [2.75, 3.05) is 13.1 Å². The standard InChI is InChI=1S/C17H20BrN3O3S/c1-11-15-8-12(18)9-16(17(15)20-10-19-11)24-13-4-6-21(7-5-13)25(22,23)14-2-3-14/h8-10,13-14H,2-7H2,1H3. The molecular formula is C17H20BrN3O3S. The summed E-state index contributed by atoms with van der Waals surface area (Å²) in [4.78, 5) is 8.61. The summed E-state index contributed by atoms with van der Waals surface area (Å²) < 4.78 is 33.4. The van der Waals surface area contributed by atoms with E-state index in [9.17, 15) is 8.42 Å². The number of benzene rings is 1. The Morgan fingerprint density at radius 3 is 2.56 bits per heavy atom. The first-order valence-electron chi connectivity index (χ1n) is 8.51. The smallest absolute Gasteiger partial charge is 0.216 e. The Balaban J connectivity index is 1.51. The highest BCUT2D eigenvalue weighted by molar-refractivity contribution is 9.10. The van der Waals surface area contributed by atoms with Gasteiger partial charge in [0.25, 0.3) is 0 Å². The van der Waals surface area contributed by atoms with E-state index in [-0.39, 0.29) is 11.4 Å². The van der Waals surface area contributed by atoms with Crippen LogP contribution < -0.4 is 4.74 Å². The van der Waals surface area contributed by atoms with Gasteiger partial charge in [0.1, 0.15) is 23.7 Å². The van der Waals surface area contributed by atoms with E-state index in [2.05, 4.69) is 25.9 Å². The minimum atomic E-state index is -3.08. The zero-order valence-electron chi connectivity index (χ0n) is 14.0. The summed E-state index contributed by atoms with van der Waals surface area (Å²) in [6, 6.07) is 3.91. The van der Waals surface area contributed by atoms with Gasteiger partial charge in [-0.1, -0.05) is 15.9 Å². The molecule has 0 spiro atoms. The summed E-state index contributed by atoms with van der Waals surface area (Å²) in [5.41, 5.74) is 1.70. The number of aromatic nitrogens is 2. The van der Waals surface area contributed by atoms with Crippen LogP contribution in [0, 0.1) is 6.92 Å². The zero-order chi connectivity index (χ0) is 17.6. The molecular weight excluding hydrogens is 406 g/mol. The van der Waals surface area contributed by atoms with Crippen LogP contribution in [0.1, 0.15) is 31.4 Å². The number of hydrogen-bond donors (Lipinski definition) is 0. The van der Waals surface area contributed by atoms with E-state index in [0.29, 0.717) is 25.9 Å². The Bertz CT molecular complexity index is 907. The quantitative estimate of drug-likeness (QED) is 0.752. The lowest BCUT2D eigenvalue weighted by Crippen LogP contribution is -2.43. The maximum Gasteiger partial charge on any atom is 0.216 e. The molecule has 134 valence electrons. The molecule has 4 rings (SSSR count). The molecule has 1 saturated heterocycles. The number of rotatable bonds is 4. The highest BCUT2D eigenvalue weighted by Gasteiger charge is 2.41. The highest BCUT2D eigenvalue weighted by atomic mass is 79.9. The van der Waals surface area contributed by atoms with Crippen LogP contribution in [0.4, 0.5) is 0 Å². The van der Waals surface area contributed by atoms with E-state index in [1.165, 1.54) is 0 Å². The van der Waals surface area contributed by atoms with E-state index in [0.717, 1.165) is 39.7 Å². The minimum absolute atomic E-state index is 0.00146. The molecule has 0 N–H and O–H groups in total. The number of nitrogens with zero attached hydrogens (tertiary/aromatic N) is 3. The van der Waals surface area contributed by atoms with Gasteiger partial charge in [0, 0.05) is 28.6 Å². The summed E-state index contributed by atoms with van der Waals surface area (Å²) in [5, 5.41) is 0.819. The molecule has 2 aliphatic rings. The predicted octanol–water partition coefficient (Wildman–Crippen LogP) is 3.04. The first-order chi connectivity index (χ1) is 11.9. The zero-order valence-corrected chi connectivity index (χ0v) is 16.4. The second-order valence-electron chi connectivity index (χ2n) is 6.72. The molecule has 2 aromatic rings. The van der Waals surface area contributed by atoms with Crippen molar-refractivity contribution in [3.63, 3.8) is 0 Å². The fourth-order valence-electron chi connectivity index (χ4n) is 3.28. The first-order valence-corrected chi connectivity index (χ1v) is 10.8. The van der Waals surface area contributed by atoms with Crippen molar-refractivity contribution < 1.29 is 13.2 Å². The van der Waals surface area contributed by atoms with Crippen molar-refractivity contribution in [2.45, 2.75) is 44.0 Å². The van der Waals surface area contributed by atoms with Gasteiger partial charge in [-0.25, -0.2) is 22.7 Å². The van der Waals surface area contributed by atoms with Crippen LogP contribution in [0.15, 0.2) is 22.9 Å². The predicted molar refractivity (Wildman–Crippen MR) is 99.1 cm³/mol. The Morgan fingerprint density at radius 2 is 1.88 bits per heavy atom. The van der Waals surface area contributed by atoms with Crippen LogP contribution in [-0.4, -0.2) is 47.1 Å². The Labute approximate surface area is 155 Å². The average molecular weight is 426 g/mol. The molecule has 8 heteroatoms. The van der Waals surface area contributed by atoms with Gasteiger partial charge >= 0.3 is 0 Å². The molecule has 0 amide bonds. The van der Waals surface area contributed by atoms with Gasteiger partial charge < -0.3 is 4.74 Å². The molecule has 1 aliphatic carbocycles. The third kappa shape index (κ3) is 3.39. The fourth-order valence-corrected chi connectivity index (χ4v) is 5.59. The Hall–Kier alpha value is -1.25. The lowest BCUT2D eigenvalue weighted by Gasteiger charge is -2.31. The second-order valence-corrected chi connectivity index (χ2v) is 9.85. The van der Waals surface area contributed by atoms with Crippen molar-refractivity contribution in [1.82, 2.24) is 14.3 Å². The molecule has 2 fully saturated rings. The number of ether oxygens (including phenoxy) is 1. The second kappa shape index (κ2) is 6.48. The normalized spacial score (nSPS) is 20.1. The maximum atomic E-state index is 12.3. The van der Waals surface area contributed by atoms with E-state index < -0.39 is 10.0 Å². The first kappa shape index (κ1) is 17.2. The van der Waals surface area contributed by atoms with Crippen LogP contribution >= 0.6 is 15.9 Å². The van der Waals surface area contributed by atoms with E-state index in [1.807, 2.05) is 19.1 Å². The van der Waals surface area contributed by atoms with Gasteiger partial charge in [0.05, 0.1) is 5.25 Å². The summed E-state index contributed by atoms with van der Waals surface area (Å²) in [7, 11) is -3.08. The van der Waals surface area contributed by atoms with Crippen molar-refractivity contribution in [3.8, 4) is 5.75 Å².